The van der Waals surface area contributed by atoms with Crippen LogP contribution in [0, 0.1) is 11.3 Å². The van der Waals surface area contributed by atoms with Crippen molar-refractivity contribution in [3.63, 3.8) is 0 Å². The van der Waals surface area contributed by atoms with Crippen LogP contribution in [0.3, 0.4) is 0 Å². The van der Waals surface area contributed by atoms with Gasteiger partial charge < -0.3 is 14.6 Å². The Morgan fingerprint density at radius 2 is 1.74 bits per heavy atom. The number of amides is 1. The third kappa shape index (κ3) is 4.59. The number of nitriles is 1. The molecule has 3 aromatic carbocycles. The molecule has 0 aliphatic carbocycles. The molecule has 7 heteroatoms. The van der Waals surface area contributed by atoms with Gasteiger partial charge in [0.25, 0.3) is 11.7 Å². The molecule has 0 aromatic heterocycles. The van der Waals surface area contributed by atoms with Gasteiger partial charge in [-0.1, -0.05) is 31.2 Å². The molecular formula is C28H24N2O5. The Balaban J connectivity index is 1.89. The number of carbonyl (C=O) groups excluding carboxylic acids is 2. The molecule has 1 atom stereocenters. The van der Waals surface area contributed by atoms with E-state index in [4.69, 9.17) is 14.7 Å². The first-order chi connectivity index (χ1) is 17.0. The predicted octanol–water partition coefficient (Wildman–Crippen LogP) is 4.98. The number of nitrogens with zero attached hydrogens (tertiary/aromatic N) is 2. The summed E-state index contributed by atoms with van der Waals surface area (Å²) < 4.78 is 11.0. The highest BCUT2D eigenvalue weighted by atomic mass is 16.5. The summed E-state index contributed by atoms with van der Waals surface area (Å²) in [7, 11) is 1.53. The minimum atomic E-state index is -0.904. The van der Waals surface area contributed by atoms with Crippen molar-refractivity contribution in [3.05, 3.63) is 95.1 Å². The molecule has 0 spiro atoms. The van der Waals surface area contributed by atoms with Crippen LogP contribution in [0.1, 0.15) is 36.1 Å². The van der Waals surface area contributed by atoms with Gasteiger partial charge in [0.15, 0.2) is 0 Å². The Morgan fingerprint density at radius 3 is 2.43 bits per heavy atom. The van der Waals surface area contributed by atoms with Crippen LogP contribution in [0.5, 0.6) is 11.5 Å². The predicted molar refractivity (Wildman–Crippen MR) is 131 cm³/mol. The summed E-state index contributed by atoms with van der Waals surface area (Å²) in [5.74, 6) is -0.783. The van der Waals surface area contributed by atoms with Crippen LogP contribution < -0.4 is 14.4 Å². The summed E-state index contributed by atoms with van der Waals surface area (Å²) in [6, 6.07) is 21.3. The van der Waals surface area contributed by atoms with Crippen molar-refractivity contribution in [2.45, 2.75) is 19.4 Å². The normalized spacial score (nSPS) is 16.7. The smallest absolute Gasteiger partial charge is 0.300 e. The first-order valence-corrected chi connectivity index (χ1v) is 11.2. The lowest BCUT2D eigenvalue weighted by Gasteiger charge is -2.25. The first-order valence-electron chi connectivity index (χ1n) is 11.2. The van der Waals surface area contributed by atoms with Gasteiger partial charge in [-0.05, 0) is 60.5 Å². The molecule has 176 valence electrons. The van der Waals surface area contributed by atoms with Crippen LogP contribution in [-0.2, 0) is 9.59 Å². The Morgan fingerprint density at radius 1 is 1.03 bits per heavy atom. The molecule has 1 aliphatic heterocycles. The number of Topliss-reactive ketones (excluding diaryl/α,β-unsaturated/α-hetero) is 1. The molecular weight excluding hydrogens is 444 g/mol. The molecule has 1 unspecified atom stereocenters. The number of methoxy groups -OCH3 is 1. The van der Waals surface area contributed by atoms with E-state index in [9.17, 15) is 14.7 Å². The van der Waals surface area contributed by atoms with Crippen LogP contribution in [0.4, 0.5) is 5.69 Å². The van der Waals surface area contributed by atoms with E-state index in [1.54, 1.807) is 72.8 Å². The van der Waals surface area contributed by atoms with Crippen molar-refractivity contribution in [1.29, 1.82) is 5.26 Å². The maximum absolute atomic E-state index is 13.3. The van der Waals surface area contributed by atoms with Crippen LogP contribution in [-0.4, -0.2) is 30.5 Å². The molecule has 35 heavy (non-hydrogen) atoms. The number of aliphatic hydroxyl groups excluding tert-OH is 1. The molecule has 0 bridgehead atoms. The van der Waals surface area contributed by atoms with Gasteiger partial charge in [0.05, 0.1) is 37.0 Å². The van der Waals surface area contributed by atoms with Crippen LogP contribution in [0.2, 0.25) is 0 Å². The van der Waals surface area contributed by atoms with Gasteiger partial charge in [-0.25, -0.2) is 0 Å². The van der Waals surface area contributed by atoms with E-state index in [1.165, 1.54) is 12.0 Å². The molecule has 3 aromatic rings. The van der Waals surface area contributed by atoms with Crippen molar-refractivity contribution < 1.29 is 24.2 Å². The van der Waals surface area contributed by atoms with E-state index < -0.39 is 17.7 Å². The second-order valence-corrected chi connectivity index (χ2v) is 7.98. The van der Waals surface area contributed by atoms with Gasteiger partial charge in [0, 0.05) is 11.3 Å². The largest absolute Gasteiger partial charge is 0.507 e. The van der Waals surface area contributed by atoms with Gasteiger partial charge in [-0.2, -0.15) is 5.26 Å². The van der Waals surface area contributed by atoms with E-state index in [0.717, 1.165) is 6.42 Å². The van der Waals surface area contributed by atoms with Crippen molar-refractivity contribution in [2.24, 2.45) is 0 Å². The van der Waals surface area contributed by atoms with Crippen molar-refractivity contribution in [2.75, 3.05) is 18.6 Å². The van der Waals surface area contributed by atoms with Gasteiger partial charge in [-0.3, -0.25) is 14.5 Å². The second kappa shape index (κ2) is 10.1. The lowest BCUT2D eigenvalue weighted by molar-refractivity contribution is -0.132. The van der Waals surface area contributed by atoms with E-state index in [1.807, 2.05) is 13.0 Å². The minimum absolute atomic E-state index is 0.0414. The lowest BCUT2D eigenvalue weighted by atomic mass is 9.95. The molecule has 1 fully saturated rings. The fourth-order valence-corrected chi connectivity index (χ4v) is 4.03. The SMILES string of the molecule is CCCOc1cccc(/C(O)=C2/C(=O)C(=O)N(c3ccc(C#N)cc3)C2c2cccc(OC)c2)c1. The number of anilines is 1. The fourth-order valence-electron chi connectivity index (χ4n) is 4.03. The number of benzene rings is 3. The molecule has 1 N–H and O–H groups in total. The third-order valence-electron chi connectivity index (χ3n) is 5.71. The monoisotopic (exact) mass is 468 g/mol. The van der Waals surface area contributed by atoms with Crippen LogP contribution in [0.25, 0.3) is 5.76 Å². The first kappa shape index (κ1) is 23.6. The van der Waals surface area contributed by atoms with Gasteiger partial charge in [0.1, 0.15) is 17.3 Å². The summed E-state index contributed by atoms with van der Waals surface area (Å²) in [5.41, 5.74) is 1.77. The average molecular weight is 469 g/mol. The molecule has 0 radical (unpaired) electrons. The van der Waals surface area contributed by atoms with E-state index >= 15 is 0 Å². The van der Waals surface area contributed by atoms with E-state index in [2.05, 4.69) is 0 Å². The molecule has 4 rings (SSSR count). The zero-order valence-electron chi connectivity index (χ0n) is 19.4. The summed E-state index contributed by atoms with van der Waals surface area (Å²) in [6.07, 6.45) is 0.821. The number of rotatable bonds is 7. The number of hydrogen-bond acceptors (Lipinski definition) is 6. The summed E-state index contributed by atoms with van der Waals surface area (Å²) in [4.78, 5) is 27.9. The number of carbonyl (C=O) groups is 2. The maximum atomic E-state index is 13.3. The Hall–Kier alpha value is -4.57. The van der Waals surface area contributed by atoms with Gasteiger partial charge in [-0.15, -0.1) is 0 Å². The molecule has 7 nitrogen and oxygen atoms in total. The van der Waals surface area contributed by atoms with Crippen molar-refractivity contribution in [3.8, 4) is 17.6 Å². The molecule has 1 aliphatic rings. The van der Waals surface area contributed by atoms with Gasteiger partial charge in [0.2, 0.25) is 0 Å². The average Bonchev–Trinajstić information content (AvgIpc) is 3.17. The molecule has 1 heterocycles. The second-order valence-electron chi connectivity index (χ2n) is 7.98. The number of ether oxygens (including phenoxy) is 2. The highest BCUT2D eigenvalue weighted by Gasteiger charge is 2.47. The summed E-state index contributed by atoms with van der Waals surface area (Å²) in [6.45, 7) is 2.50. The standard InChI is InChI=1S/C28H24N2O5/c1-3-14-35-23-9-5-7-20(16-23)26(31)24-25(19-6-4-8-22(15-19)34-2)30(28(33)27(24)32)21-12-10-18(17-29)11-13-21/h4-13,15-16,25,31H,3,14H2,1-2H3/b26-24-. The van der Waals surface area contributed by atoms with Crippen molar-refractivity contribution >= 4 is 23.1 Å². The highest BCUT2D eigenvalue weighted by molar-refractivity contribution is 6.51. The van der Waals surface area contributed by atoms with Crippen molar-refractivity contribution in [1.82, 2.24) is 0 Å². The number of hydrogen-bond donors (Lipinski definition) is 1. The van der Waals surface area contributed by atoms with Gasteiger partial charge >= 0.3 is 0 Å². The molecule has 1 saturated heterocycles. The Labute approximate surface area is 203 Å². The minimum Gasteiger partial charge on any atom is -0.507 e. The summed E-state index contributed by atoms with van der Waals surface area (Å²) in [5, 5.41) is 20.5. The van der Waals surface area contributed by atoms with E-state index in [0.29, 0.717) is 40.5 Å². The highest BCUT2D eigenvalue weighted by Crippen LogP contribution is 2.43. The third-order valence-corrected chi connectivity index (χ3v) is 5.71. The lowest BCUT2D eigenvalue weighted by Crippen LogP contribution is -2.29. The topological polar surface area (TPSA) is 99.9 Å². The number of ketones is 1. The molecule has 1 amide bonds. The quantitative estimate of drug-likeness (QED) is 0.298. The number of aliphatic hydroxyl groups is 1. The van der Waals surface area contributed by atoms with Crippen LogP contribution in [0.15, 0.2) is 78.4 Å². The maximum Gasteiger partial charge on any atom is 0.300 e. The summed E-state index contributed by atoms with van der Waals surface area (Å²) >= 11 is 0. The Kier molecular flexibility index (Phi) is 6.83. The Bertz CT molecular complexity index is 1340. The van der Waals surface area contributed by atoms with E-state index in [-0.39, 0.29) is 11.3 Å². The zero-order valence-corrected chi connectivity index (χ0v) is 19.4. The zero-order chi connectivity index (χ0) is 24.9. The van der Waals surface area contributed by atoms with Crippen LogP contribution >= 0.6 is 0 Å². The fraction of sp³-hybridized carbons (Fsp3) is 0.179. The molecule has 0 saturated carbocycles.